The Kier molecular flexibility index (Phi) is 9.53. The maximum absolute atomic E-state index is 14.7. The second kappa shape index (κ2) is 12.5. The predicted octanol–water partition coefficient (Wildman–Crippen LogP) is 2.17. The molecule has 4 rings (SSSR count). The lowest BCUT2D eigenvalue weighted by atomic mass is 9.52. The summed E-state index contributed by atoms with van der Waals surface area (Å²) in [6.07, 6.45) is -0.487. The SMILES string of the molecule is [B]C([B])([B])Oc1cc(S(N)(=O)=O)ccc1NCC#Cc1cc2c(N[C@@H]3CCN(C)C[C@@H]3F)cccc2n1CC(F)(F)P. The van der Waals surface area contributed by atoms with Gasteiger partial charge in [-0.3, -0.25) is 0 Å². The number of hydrogen-bond donors (Lipinski definition) is 3. The first-order valence-corrected chi connectivity index (χ1v) is 15.0. The molecule has 216 valence electrons. The van der Waals surface area contributed by atoms with Gasteiger partial charge in [0.25, 0.3) is 5.66 Å². The van der Waals surface area contributed by atoms with Crippen molar-refractivity contribution in [2.75, 3.05) is 37.3 Å². The normalized spacial score (nSPS) is 18.3. The third kappa shape index (κ3) is 8.41. The van der Waals surface area contributed by atoms with Crippen molar-refractivity contribution >= 4 is 65.1 Å². The minimum atomic E-state index is -4.06. The number of nitrogens with zero attached hydrogens (tertiary/aromatic N) is 2. The van der Waals surface area contributed by atoms with Crippen LogP contribution in [-0.2, 0) is 16.6 Å². The van der Waals surface area contributed by atoms with Gasteiger partial charge in [-0.2, -0.15) is 0 Å². The van der Waals surface area contributed by atoms with E-state index in [9.17, 15) is 21.6 Å². The molecule has 0 aliphatic carbocycles. The third-order valence-corrected chi connectivity index (χ3v) is 7.65. The molecular weight excluding hydrogens is 583 g/mol. The van der Waals surface area contributed by atoms with Gasteiger partial charge in [-0.25, -0.2) is 26.7 Å². The van der Waals surface area contributed by atoms with Crippen molar-refractivity contribution < 1.29 is 26.3 Å². The molecule has 4 N–H and O–H groups in total. The number of ether oxygens (including phenoxy) is 1. The molecule has 1 aliphatic heterocycles. The lowest BCUT2D eigenvalue weighted by Crippen LogP contribution is -2.46. The first kappa shape index (κ1) is 32.1. The zero-order valence-electron chi connectivity index (χ0n) is 22.8. The van der Waals surface area contributed by atoms with E-state index >= 15 is 0 Å². The van der Waals surface area contributed by atoms with Crippen LogP contribution in [-0.4, -0.2) is 91.3 Å². The molecule has 0 amide bonds. The number of fused-ring (bicyclic) bond motifs is 1. The van der Waals surface area contributed by atoms with Crippen molar-refractivity contribution in [3.05, 3.63) is 48.2 Å². The smallest absolute Gasteiger partial charge is 0.276 e. The average molecular weight is 611 g/mol. The molecule has 1 aliphatic rings. The molecular formula is C26H28B3F3N5O3PS. The molecule has 8 nitrogen and oxygen atoms in total. The van der Waals surface area contributed by atoms with E-state index in [0.717, 1.165) is 12.6 Å². The summed E-state index contributed by atoms with van der Waals surface area (Å²) in [6.45, 7) is 0.373. The van der Waals surface area contributed by atoms with Crippen LogP contribution in [0.1, 0.15) is 12.1 Å². The second-order valence-corrected chi connectivity index (χ2v) is 12.7. The molecule has 1 saturated heterocycles. The lowest BCUT2D eigenvalue weighted by Gasteiger charge is -2.33. The van der Waals surface area contributed by atoms with E-state index in [1.54, 1.807) is 24.3 Å². The highest BCUT2D eigenvalue weighted by Crippen LogP contribution is 2.33. The van der Waals surface area contributed by atoms with Crippen LogP contribution in [0, 0.1) is 11.8 Å². The molecule has 2 heterocycles. The van der Waals surface area contributed by atoms with Gasteiger partial charge in [0.05, 0.1) is 40.9 Å². The van der Waals surface area contributed by atoms with Crippen LogP contribution in [0.3, 0.4) is 0 Å². The second-order valence-electron chi connectivity index (χ2n) is 10.2. The summed E-state index contributed by atoms with van der Waals surface area (Å²) in [4.78, 5) is 1.66. The summed E-state index contributed by atoms with van der Waals surface area (Å²) < 4.78 is 73.3. The molecule has 0 saturated carbocycles. The molecule has 6 radical (unpaired) electrons. The zero-order valence-corrected chi connectivity index (χ0v) is 24.8. The van der Waals surface area contributed by atoms with E-state index in [2.05, 4.69) is 22.5 Å². The Labute approximate surface area is 249 Å². The summed E-state index contributed by atoms with van der Waals surface area (Å²) in [5.74, 6) is 5.69. The maximum Gasteiger partial charge on any atom is 0.276 e. The number of benzene rings is 2. The van der Waals surface area contributed by atoms with Crippen LogP contribution >= 0.6 is 9.24 Å². The fourth-order valence-corrected chi connectivity index (χ4v) is 5.40. The number of anilines is 2. The Balaban J connectivity index is 1.62. The van der Waals surface area contributed by atoms with E-state index in [1.165, 1.54) is 25.9 Å². The quantitative estimate of drug-likeness (QED) is 0.195. The fourth-order valence-electron chi connectivity index (χ4n) is 4.69. The highest BCUT2D eigenvalue weighted by Gasteiger charge is 2.29. The highest BCUT2D eigenvalue weighted by atomic mass is 32.2. The van der Waals surface area contributed by atoms with Crippen LogP contribution in [0.5, 0.6) is 5.75 Å². The Bertz CT molecular complexity index is 1620. The van der Waals surface area contributed by atoms with Crippen LogP contribution in [0.25, 0.3) is 10.9 Å². The molecule has 16 heteroatoms. The van der Waals surface area contributed by atoms with E-state index in [1.807, 2.05) is 11.9 Å². The summed E-state index contributed by atoms with van der Waals surface area (Å²) in [5.41, 5.74) is -1.40. The molecule has 3 atom stereocenters. The van der Waals surface area contributed by atoms with Gasteiger partial charge in [0.15, 0.2) is 0 Å². The number of piperidine rings is 1. The Morgan fingerprint density at radius 3 is 2.57 bits per heavy atom. The number of primary sulfonamides is 1. The molecule has 1 aromatic heterocycles. The highest BCUT2D eigenvalue weighted by molar-refractivity contribution is 7.89. The number of nitrogens with two attached hydrogens (primary N) is 1. The van der Waals surface area contributed by atoms with Crippen molar-refractivity contribution in [2.45, 2.75) is 41.0 Å². The summed E-state index contributed by atoms with van der Waals surface area (Å²) >= 11 is 0. The standard InChI is InChI=1S/C26H28B3F3N5O3PS/c1-36-11-9-21(19(30)14-36)35-20-5-2-6-23-18(20)12-16(37(23)15-25(31,32)41)4-3-10-34-22-8-7-17(42(33,38)39)13-24(22)40-26(27,28)29/h2,5-8,12-13,19,21,34-35H,9-11,14-15,41H2,1H3,(H2,33,38,39)/t19-,21+/m0/s1. The van der Waals surface area contributed by atoms with E-state index in [-0.39, 0.29) is 22.9 Å². The number of halogens is 3. The monoisotopic (exact) mass is 611 g/mol. The third-order valence-electron chi connectivity index (χ3n) is 6.55. The minimum Gasteiger partial charge on any atom is -0.514 e. The first-order valence-electron chi connectivity index (χ1n) is 12.8. The summed E-state index contributed by atoms with van der Waals surface area (Å²) in [5, 5.41) is 9.90. The Morgan fingerprint density at radius 2 is 1.93 bits per heavy atom. The van der Waals surface area contributed by atoms with Crippen molar-refractivity contribution in [1.82, 2.24) is 9.47 Å². The molecule has 0 spiro atoms. The van der Waals surface area contributed by atoms with Crippen LogP contribution < -0.4 is 20.5 Å². The van der Waals surface area contributed by atoms with Crippen LogP contribution in [0.2, 0.25) is 0 Å². The number of likely N-dealkylation sites (tertiary alicyclic amines) is 1. The van der Waals surface area contributed by atoms with Gasteiger partial charge < -0.3 is 24.8 Å². The van der Waals surface area contributed by atoms with Gasteiger partial charge in [0, 0.05) is 30.2 Å². The molecule has 1 fully saturated rings. The topological polar surface area (TPSA) is 102 Å². The van der Waals surface area contributed by atoms with E-state index in [4.69, 9.17) is 33.4 Å². The summed E-state index contributed by atoms with van der Waals surface area (Å²) in [6, 6.07) is 10.2. The number of rotatable bonds is 9. The van der Waals surface area contributed by atoms with Gasteiger partial charge in [-0.1, -0.05) is 21.2 Å². The van der Waals surface area contributed by atoms with Gasteiger partial charge in [0.1, 0.15) is 35.5 Å². The van der Waals surface area contributed by atoms with Gasteiger partial charge in [0.2, 0.25) is 10.0 Å². The van der Waals surface area contributed by atoms with Crippen molar-refractivity contribution in [3.8, 4) is 17.6 Å². The van der Waals surface area contributed by atoms with Crippen molar-refractivity contribution in [1.29, 1.82) is 0 Å². The molecule has 42 heavy (non-hydrogen) atoms. The maximum atomic E-state index is 14.7. The number of hydrogen-bond acceptors (Lipinski definition) is 6. The number of sulfonamides is 1. The van der Waals surface area contributed by atoms with Crippen molar-refractivity contribution in [3.63, 3.8) is 0 Å². The van der Waals surface area contributed by atoms with E-state index < -0.39 is 39.7 Å². The lowest BCUT2D eigenvalue weighted by molar-refractivity contribution is 0.0851. The molecule has 0 bridgehead atoms. The van der Waals surface area contributed by atoms with Gasteiger partial charge >= 0.3 is 0 Å². The Morgan fingerprint density at radius 1 is 1.19 bits per heavy atom. The molecule has 1 unspecified atom stereocenters. The van der Waals surface area contributed by atoms with Crippen LogP contribution in [0.4, 0.5) is 24.5 Å². The van der Waals surface area contributed by atoms with Crippen molar-refractivity contribution in [2.24, 2.45) is 5.14 Å². The van der Waals surface area contributed by atoms with E-state index in [0.29, 0.717) is 35.2 Å². The molecule has 3 aromatic rings. The fraction of sp³-hybridized carbons (Fsp3) is 0.385. The first-order chi connectivity index (χ1) is 19.5. The predicted molar refractivity (Wildman–Crippen MR) is 165 cm³/mol. The zero-order chi connectivity index (χ0) is 30.9. The molecule has 2 aromatic carbocycles. The Hall–Kier alpha value is -2.78. The number of aromatic nitrogens is 1. The van der Waals surface area contributed by atoms with Crippen LogP contribution in [0.15, 0.2) is 47.4 Å². The van der Waals surface area contributed by atoms with Gasteiger partial charge in [-0.15, -0.1) is 0 Å². The average Bonchev–Trinajstić information content (AvgIpc) is 3.19. The number of alkyl halides is 3. The van der Waals surface area contributed by atoms with Gasteiger partial charge in [-0.05, 0) is 55.0 Å². The number of nitrogens with one attached hydrogen (secondary N) is 2. The minimum absolute atomic E-state index is 0.0131. The largest absolute Gasteiger partial charge is 0.514 e. The summed E-state index contributed by atoms with van der Waals surface area (Å²) in [7, 11) is 15.9.